The van der Waals surface area contributed by atoms with Crippen molar-refractivity contribution in [3.8, 4) is 0 Å². The highest BCUT2D eigenvalue weighted by molar-refractivity contribution is 6.12. The van der Waals surface area contributed by atoms with E-state index < -0.39 is 0 Å². The van der Waals surface area contributed by atoms with Crippen LogP contribution in [-0.4, -0.2) is 85.8 Å². The molecule has 38 heavy (non-hydrogen) atoms. The van der Waals surface area contributed by atoms with Crippen molar-refractivity contribution in [3.63, 3.8) is 0 Å². The Kier molecular flexibility index (Phi) is 10.4. The largest absolute Gasteiger partial charge is 0.465 e. The number of carbonyl (C=O) groups is 1. The fraction of sp³-hybridized carbons (Fsp3) is 0.393. The molecule has 0 aliphatic carbocycles. The molecule has 4 N–H and O–H groups in total. The van der Waals surface area contributed by atoms with Crippen LogP contribution < -0.4 is 10.6 Å². The minimum atomic E-state index is -0.382. The second-order valence-electron chi connectivity index (χ2n) is 8.73. The predicted octanol–water partition coefficient (Wildman–Crippen LogP) is 2.91. The number of aromatic amines is 1. The summed E-state index contributed by atoms with van der Waals surface area (Å²) in [6, 6.07) is 15.6. The van der Waals surface area contributed by atoms with Gasteiger partial charge in [-0.15, -0.1) is 0 Å². The van der Waals surface area contributed by atoms with E-state index in [0.29, 0.717) is 44.2 Å². The van der Waals surface area contributed by atoms with Gasteiger partial charge < -0.3 is 34.9 Å². The molecule has 4 aromatic rings. The number of nitrogens with one attached hydrogen (secondary N) is 3. The Morgan fingerprint density at radius 2 is 1.79 bits per heavy atom. The van der Waals surface area contributed by atoms with Crippen molar-refractivity contribution in [3.05, 3.63) is 65.5 Å². The Bertz CT molecular complexity index is 1310. The zero-order valence-electron chi connectivity index (χ0n) is 21.7. The number of hydrogen-bond donors (Lipinski definition) is 4. The second-order valence-corrected chi connectivity index (χ2v) is 8.73. The number of fused-ring (bicyclic) bond motifs is 3. The van der Waals surface area contributed by atoms with E-state index in [1.54, 1.807) is 12.1 Å². The summed E-state index contributed by atoms with van der Waals surface area (Å²) < 4.78 is 15.5. The highest BCUT2D eigenvalue weighted by Gasteiger charge is 2.16. The summed E-state index contributed by atoms with van der Waals surface area (Å²) in [6.45, 7) is 4.30. The number of rotatable bonds is 16. The SMILES string of the molecule is COC(=O)c1ccc2c(c1)[nH]c1nc(Cc3ccccc3)nc(NCCCNCCOCCOCCO)c12. The molecule has 202 valence electrons. The number of nitrogens with zero attached hydrogens (tertiary/aromatic N) is 2. The minimum Gasteiger partial charge on any atom is -0.465 e. The zero-order chi connectivity index (χ0) is 26.6. The number of esters is 1. The van der Waals surface area contributed by atoms with Crippen LogP contribution >= 0.6 is 0 Å². The molecule has 0 spiro atoms. The first kappa shape index (κ1) is 27.5. The van der Waals surface area contributed by atoms with Gasteiger partial charge in [0, 0.05) is 30.4 Å². The molecule has 0 aliphatic rings. The molecule has 10 nitrogen and oxygen atoms in total. The quantitative estimate of drug-likeness (QED) is 0.130. The Morgan fingerprint density at radius 3 is 2.58 bits per heavy atom. The molecule has 0 atom stereocenters. The van der Waals surface area contributed by atoms with Crippen LogP contribution in [0.5, 0.6) is 0 Å². The lowest BCUT2D eigenvalue weighted by atomic mass is 10.1. The number of aliphatic hydroxyl groups excluding tert-OH is 1. The van der Waals surface area contributed by atoms with Gasteiger partial charge in [0.2, 0.25) is 0 Å². The molecule has 0 saturated heterocycles. The highest BCUT2D eigenvalue weighted by atomic mass is 16.5. The second kappa shape index (κ2) is 14.4. The number of benzene rings is 2. The molecule has 0 fully saturated rings. The minimum absolute atomic E-state index is 0.0289. The summed E-state index contributed by atoms with van der Waals surface area (Å²) in [5, 5.41) is 17.4. The molecule has 0 unspecified atom stereocenters. The number of ether oxygens (including phenoxy) is 3. The van der Waals surface area contributed by atoms with Crippen LogP contribution in [0.3, 0.4) is 0 Å². The lowest BCUT2D eigenvalue weighted by Crippen LogP contribution is -2.23. The molecule has 0 bridgehead atoms. The van der Waals surface area contributed by atoms with E-state index in [2.05, 4.69) is 27.8 Å². The van der Waals surface area contributed by atoms with E-state index in [9.17, 15) is 4.79 Å². The van der Waals surface area contributed by atoms with Crippen LogP contribution in [0.1, 0.15) is 28.2 Å². The van der Waals surface area contributed by atoms with Crippen LogP contribution in [0.2, 0.25) is 0 Å². The third-order valence-corrected chi connectivity index (χ3v) is 5.98. The molecule has 0 aliphatic heterocycles. The monoisotopic (exact) mass is 521 g/mol. The van der Waals surface area contributed by atoms with Gasteiger partial charge in [-0.2, -0.15) is 0 Å². The number of carbonyl (C=O) groups excluding carboxylic acids is 1. The summed E-state index contributed by atoms with van der Waals surface area (Å²) >= 11 is 0. The smallest absolute Gasteiger partial charge is 0.337 e. The van der Waals surface area contributed by atoms with Crippen molar-refractivity contribution < 1.29 is 24.1 Å². The number of aromatic nitrogens is 3. The van der Waals surface area contributed by atoms with E-state index >= 15 is 0 Å². The maximum Gasteiger partial charge on any atom is 0.337 e. The van der Waals surface area contributed by atoms with E-state index in [4.69, 9.17) is 29.3 Å². The van der Waals surface area contributed by atoms with Gasteiger partial charge in [-0.25, -0.2) is 14.8 Å². The predicted molar refractivity (Wildman–Crippen MR) is 147 cm³/mol. The summed E-state index contributed by atoms with van der Waals surface area (Å²) in [6.07, 6.45) is 1.51. The molecular weight excluding hydrogens is 486 g/mol. The van der Waals surface area contributed by atoms with Crippen molar-refractivity contribution >= 4 is 33.7 Å². The number of aliphatic hydroxyl groups is 1. The summed E-state index contributed by atoms with van der Waals surface area (Å²) in [7, 11) is 1.37. The van der Waals surface area contributed by atoms with E-state index in [-0.39, 0.29) is 12.6 Å². The summed E-state index contributed by atoms with van der Waals surface area (Å²) in [5.74, 6) is 1.10. The highest BCUT2D eigenvalue weighted by Crippen LogP contribution is 2.31. The van der Waals surface area contributed by atoms with Gasteiger partial charge >= 0.3 is 5.97 Å². The zero-order valence-corrected chi connectivity index (χ0v) is 21.7. The lowest BCUT2D eigenvalue weighted by Gasteiger charge is -2.10. The van der Waals surface area contributed by atoms with Crippen LogP contribution in [0.4, 0.5) is 5.82 Å². The standard InChI is InChI=1S/C28H35N5O5/c1-36-28(35)21-8-9-22-23(19-21)31-27-25(22)26(32-24(33-27)18-20-6-3-2-4-7-20)30-11-5-10-29-12-14-37-16-17-38-15-13-34/h2-4,6-9,19,29,34H,5,10-18H2,1H3,(H2,30,31,32,33). The maximum absolute atomic E-state index is 12.0. The van der Waals surface area contributed by atoms with Crippen molar-refractivity contribution in [2.45, 2.75) is 12.8 Å². The fourth-order valence-corrected chi connectivity index (χ4v) is 4.15. The molecular formula is C28H35N5O5. The van der Waals surface area contributed by atoms with Gasteiger partial charge in [-0.1, -0.05) is 36.4 Å². The van der Waals surface area contributed by atoms with Gasteiger partial charge in [0.25, 0.3) is 0 Å². The number of methoxy groups -OCH3 is 1. The Labute approximate surface area is 221 Å². The maximum atomic E-state index is 12.0. The average molecular weight is 522 g/mol. The van der Waals surface area contributed by atoms with Gasteiger partial charge in [-0.05, 0) is 30.7 Å². The van der Waals surface area contributed by atoms with Crippen LogP contribution in [-0.2, 0) is 20.6 Å². The molecule has 0 amide bonds. The fourth-order valence-electron chi connectivity index (χ4n) is 4.15. The molecule has 2 aromatic heterocycles. The Hall–Kier alpha value is -3.57. The number of anilines is 1. The van der Waals surface area contributed by atoms with Crippen LogP contribution in [0, 0.1) is 0 Å². The third-order valence-electron chi connectivity index (χ3n) is 5.98. The van der Waals surface area contributed by atoms with Crippen molar-refractivity contribution in [1.29, 1.82) is 0 Å². The molecule has 0 radical (unpaired) electrons. The van der Waals surface area contributed by atoms with Gasteiger partial charge in [-0.3, -0.25) is 0 Å². The number of H-pyrrole nitrogens is 1. The first-order valence-electron chi connectivity index (χ1n) is 12.8. The molecule has 2 aromatic carbocycles. The average Bonchev–Trinajstić information content (AvgIpc) is 3.31. The van der Waals surface area contributed by atoms with Crippen molar-refractivity contribution in [1.82, 2.24) is 20.3 Å². The summed E-state index contributed by atoms with van der Waals surface area (Å²) in [4.78, 5) is 25.1. The summed E-state index contributed by atoms with van der Waals surface area (Å²) in [5.41, 5.74) is 3.14. The first-order valence-corrected chi connectivity index (χ1v) is 12.8. The van der Waals surface area contributed by atoms with E-state index in [1.165, 1.54) is 7.11 Å². The van der Waals surface area contributed by atoms with E-state index in [1.807, 2.05) is 24.3 Å². The van der Waals surface area contributed by atoms with Gasteiger partial charge in [0.15, 0.2) is 0 Å². The Balaban J connectivity index is 1.41. The lowest BCUT2D eigenvalue weighted by molar-refractivity contribution is 0.0340. The normalized spacial score (nSPS) is 11.3. The van der Waals surface area contributed by atoms with Crippen molar-refractivity contribution in [2.24, 2.45) is 0 Å². The molecule has 2 heterocycles. The van der Waals surface area contributed by atoms with E-state index in [0.717, 1.165) is 59.4 Å². The van der Waals surface area contributed by atoms with Gasteiger partial charge in [0.05, 0.1) is 51.1 Å². The van der Waals surface area contributed by atoms with Gasteiger partial charge in [0.1, 0.15) is 17.3 Å². The molecule has 0 saturated carbocycles. The molecule has 4 rings (SSSR count). The Morgan fingerprint density at radius 1 is 0.974 bits per heavy atom. The molecule has 10 heteroatoms. The first-order chi connectivity index (χ1) is 18.7. The third kappa shape index (κ3) is 7.48. The number of hydrogen-bond acceptors (Lipinski definition) is 9. The van der Waals surface area contributed by atoms with Crippen LogP contribution in [0.15, 0.2) is 48.5 Å². The van der Waals surface area contributed by atoms with Crippen LogP contribution in [0.25, 0.3) is 21.9 Å². The topological polar surface area (TPSA) is 131 Å². The van der Waals surface area contributed by atoms with Crippen molar-refractivity contribution in [2.75, 3.05) is 65.1 Å².